The monoisotopic (exact) mass is 828 g/mol. The molecule has 0 bridgehead atoms. The molecular weight excluding hydrogens is 777 g/mol. The maximum Gasteiger partial charge on any atom is 0.0783 e. The standard InChI is InChI=1S/4C15H13N/c1-2-11-5-3-7-14-13(11)9-8-12-6-4-10-16-15(12)14;1-2-11-5-3-6-12-8-9-13-7-4-10-16-15(13)14(11)12;1-2-11-5-8-14-13(10-11)7-6-12-4-3-9-16-15(12)14;1-2-11-5-6-12-7-8-13-4-3-9-16-15(13)14(12)10-11/h4*3-10H,2H2,1H3. The minimum Gasteiger partial charge on any atom is -0.256 e. The Morgan fingerprint density at radius 1 is 0.281 bits per heavy atom. The Morgan fingerprint density at radius 2 is 0.719 bits per heavy atom. The van der Waals surface area contributed by atoms with E-state index in [4.69, 9.17) is 0 Å². The molecule has 0 fully saturated rings. The van der Waals surface area contributed by atoms with Crippen molar-refractivity contribution in [3.8, 4) is 0 Å². The van der Waals surface area contributed by atoms with Crippen molar-refractivity contribution in [3.05, 3.63) is 217 Å². The second-order valence-electron chi connectivity index (χ2n) is 16.1. The fraction of sp³-hybridized carbons (Fsp3) is 0.133. The van der Waals surface area contributed by atoms with E-state index in [1.807, 2.05) is 49.1 Å². The minimum absolute atomic E-state index is 1.05. The van der Waals surface area contributed by atoms with Crippen LogP contribution in [0.5, 0.6) is 0 Å². The number of hydrogen-bond acceptors (Lipinski definition) is 4. The normalized spacial score (nSPS) is 11.1. The number of pyridine rings is 4. The van der Waals surface area contributed by atoms with Crippen LogP contribution in [0.15, 0.2) is 195 Å². The van der Waals surface area contributed by atoms with Crippen LogP contribution in [0.2, 0.25) is 0 Å². The molecule has 0 spiro atoms. The van der Waals surface area contributed by atoms with Gasteiger partial charge in [0.1, 0.15) is 0 Å². The number of aromatic nitrogens is 4. The smallest absolute Gasteiger partial charge is 0.0783 e. The second kappa shape index (κ2) is 19.2. The van der Waals surface area contributed by atoms with E-state index < -0.39 is 0 Å². The van der Waals surface area contributed by atoms with Crippen molar-refractivity contribution in [3.63, 3.8) is 0 Å². The van der Waals surface area contributed by atoms with Crippen molar-refractivity contribution in [1.82, 2.24) is 19.9 Å². The summed E-state index contributed by atoms with van der Waals surface area (Å²) >= 11 is 0. The third-order valence-electron chi connectivity index (χ3n) is 12.3. The molecular formula is C60H52N4. The maximum absolute atomic E-state index is 4.52. The molecule has 12 aromatic rings. The number of fused-ring (bicyclic) bond motifs is 12. The number of benzene rings is 8. The zero-order chi connectivity index (χ0) is 43.8. The quantitative estimate of drug-likeness (QED) is 0.166. The average molecular weight is 829 g/mol. The highest BCUT2D eigenvalue weighted by atomic mass is 14.7. The molecule has 0 aliphatic rings. The largest absolute Gasteiger partial charge is 0.256 e. The molecule has 64 heavy (non-hydrogen) atoms. The summed E-state index contributed by atoms with van der Waals surface area (Å²) in [6.45, 7) is 8.74. The van der Waals surface area contributed by atoms with Gasteiger partial charge in [0.25, 0.3) is 0 Å². The van der Waals surface area contributed by atoms with Gasteiger partial charge < -0.3 is 0 Å². The fourth-order valence-electron chi connectivity index (χ4n) is 8.83. The topological polar surface area (TPSA) is 51.6 Å². The Labute approximate surface area is 375 Å². The van der Waals surface area contributed by atoms with E-state index >= 15 is 0 Å². The lowest BCUT2D eigenvalue weighted by Crippen LogP contribution is -1.87. The van der Waals surface area contributed by atoms with Crippen LogP contribution in [0.3, 0.4) is 0 Å². The van der Waals surface area contributed by atoms with Gasteiger partial charge in [-0.15, -0.1) is 0 Å². The Bertz CT molecular complexity index is 3520. The van der Waals surface area contributed by atoms with E-state index in [0.717, 1.165) is 47.8 Å². The van der Waals surface area contributed by atoms with Gasteiger partial charge >= 0.3 is 0 Å². The van der Waals surface area contributed by atoms with Crippen molar-refractivity contribution < 1.29 is 0 Å². The van der Waals surface area contributed by atoms with E-state index in [1.165, 1.54) is 86.9 Å². The van der Waals surface area contributed by atoms with Gasteiger partial charge in [-0.3, -0.25) is 19.9 Å². The first-order valence-electron chi connectivity index (χ1n) is 22.6. The summed E-state index contributed by atoms with van der Waals surface area (Å²) in [4.78, 5) is 18.0. The second-order valence-corrected chi connectivity index (χ2v) is 16.1. The van der Waals surface area contributed by atoms with E-state index in [2.05, 4.69) is 193 Å². The third kappa shape index (κ3) is 8.60. The van der Waals surface area contributed by atoms with Crippen LogP contribution in [0.4, 0.5) is 0 Å². The van der Waals surface area contributed by atoms with Gasteiger partial charge in [0.2, 0.25) is 0 Å². The van der Waals surface area contributed by atoms with Crippen molar-refractivity contribution in [1.29, 1.82) is 0 Å². The van der Waals surface area contributed by atoms with E-state index in [0.29, 0.717) is 0 Å². The van der Waals surface area contributed by atoms with Gasteiger partial charge in [0, 0.05) is 67.9 Å². The molecule has 0 atom stereocenters. The summed E-state index contributed by atoms with van der Waals surface area (Å²) in [6, 6.07) is 59.9. The summed E-state index contributed by atoms with van der Waals surface area (Å²) in [7, 11) is 0. The van der Waals surface area contributed by atoms with E-state index in [-0.39, 0.29) is 0 Å². The van der Waals surface area contributed by atoms with Crippen LogP contribution in [0, 0.1) is 0 Å². The first kappa shape index (κ1) is 41.8. The van der Waals surface area contributed by atoms with Gasteiger partial charge in [-0.25, -0.2) is 0 Å². The predicted molar refractivity (Wildman–Crippen MR) is 275 cm³/mol. The van der Waals surface area contributed by atoms with Gasteiger partial charge in [-0.1, -0.05) is 167 Å². The van der Waals surface area contributed by atoms with Crippen molar-refractivity contribution in [2.75, 3.05) is 0 Å². The molecule has 0 aliphatic heterocycles. The third-order valence-corrected chi connectivity index (χ3v) is 12.3. The van der Waals surface area contributed by atoms with Gasteiger partial charge in [-0.2, -0.15) is 0 Å². The van der Waals surface area contributed by atoms with Gasteiger partial charge in [0.05, 0.1) is 22.1 Å². The fourth-order valence-corrected chi connectivity index (χ4v) is 8.83. The molecule has 8 aromatic carbocycles. The first-order chi connectivity index (χ1) is 31.6. The summed E-state index contributed by atoms with van der Waals surface area (Å²) < 4.78 is 0. The highest BCUT2D eigenvalue weighted by Gasteiger charge is 2.07. The van der Waals surface area contributed by atoms with E-state index in [1.54, 1.807) is 0 Å². The van der Waals surface area contributed by atoms with Crippen LogP contribution in [-0.2, 0) is 25.7 Å². The molecule has 0 aliphatic carbocycles. The summed E-state index contributed by atoms with van der Waals surface area (Å²) in [6.07, 6.45) is 11.7. The average Bonchev–Trinajstić information content (AvgIpc) is 3.38. The number of aryl methyl sites for hydroxylation is 4. The summed E-state index contributed by atoms with van der Waals surface area (Å²) in [5.74, 6) is 0. The Kier molecular flexibility index (Phi) is 12.6. The molecule has 4 heteroatoms. The lowest BCUT2D eigenvalue weighted by Gasteiger charge is -2.07. The molecule has 0 unspecified atom stereocenters. The van der Waals surface area contributed by atoms with Crippen LogP contribution in [0.25, 0.3) is 86.7 Å². The first-order valence-corrected chi connectivity index (χ1v) is 22.6. The van der Waals surface area contributed by atoms with Crippen LogP contribution < -0.4 is 0 Å². The Balaban J connectivity index is 0.000000108. The summed E-state index contributed by atoms with van der Waals surface area (Å²) in [5, 5.41) is 15.1. The van der Waals surface area contributed by atoms with Crippen LogP contribution in [0.1, 0.15) is 49.9 Å². The molecule has 0 saturated heterocycles. The molecule has 0 amide bonds. The molecule has 12 rings (SSSR count). The minimum atomic E-state index is 1.05. The van der Waals surface area contributed by atoms with Crippen LogP contribution in [-0.4, -0.2) is 19.9 Å². The Morgan fingerprint density at radius 3 is 1.36 bits per heavy atom. The zero-order valence-electron chi connectivity index (χ0n) is 37.1. The molecule has 0 N–H and O–H groups in total. The van der Waals surface area contributed by atoms with Crippen molar-refractivity contribution in [2.24, 2.45) is 0 Å². The van der Waals surface area contributed by atoms with Crippen LogP contribution >= 0.6 is 0 Å². The Hall–Kier alpha value is -7.56. The van der Waals surface area contributed by atoms with Gasteiger partial charge in [0.15, 0.2) is 0 Å². The maximum atomic E-state index is 4.52. The lowest BCUT2D eigenvalue weighted by molar-refractivity contribution is 1.15. The molecule has 0 saturated carbocycles. The molecule has 312 valence electrons. The molecule has 4 aromatic heterocycles. The molecule has 0 radical (unpaired) electrons. The molecule has 4 nitrogen and oxygen atoms in total. The highest BCUT2D eigenvalue weighted by molar-refractivity contribution is 6.08. The lowest BCUT2D eigenvalue weighted by atomic mass is 10.00. The van der Waals surface area contributed by atoms with Crippen molar-refractivity contribution >= 4 is 86.7 Å². The molecule has 4 heterocycles. The SMILES string of the molecule is CCc1ccc2c(ccc3cccnc32)c1.CCc1ccc2ccc3cccnc3c2c1.CCc1cccc2c1ccc1cccnc12.CCc1cccc2ccc3cccnc3c12. The summed E-state index contributed by atoms with van der Waals surface area (Å²) in [5.41, 5.74) is 9.95. The number of hydrogen-bond donors (Lipinski definition) is 0. The van der Waals surface area contributed by atoms with E-state index in [9.17, 15) is 0 Å². The predicted octanol–water partition coefficient (Wildman–Crippen LogP) is 15.8. The number of rotatable bonds is 4. The zero-order valence-corrected chi connectivity index (χ0v) is 37.1. The highest BCUT2D eigenvalue weighted by Crippen LogP contribution is 2.29. The number of nitrogens with zero attached hydrogens (tertiary/aromatic N) is 4. The van der Waals surface area contributed by atoms with Gasteiger partial charge in [-0.05, 0) is 99.8 Å². The van der Waals surface area contributed by atoms with Crippen molar-refractivity contribution in [2.45, 2.75) is 53.4 Å².